The van der Waals surface area contributed by atoms with Crippen molar-refractivity contribution in [1.29, 1.82) is 0 Å². The Labute approximate surface area is 168 Å². The van der Waals surface area contributed by atoms with Gasteiger partial charge in [-0.1, -0.05) is 53.2 Å². The predicted octanol–water partition coefficient (Wildman–Crippen LogP) is 5.22. The van der Waals surface area contributed by atoms with Crippen molar-refractivity contribution in [3.63, 3.8) is 0 Å². The number of halogens is 4. The molecule has 0 radical (unpaired) electrons. The smallest absolute Gasteiger partial charge is 0.291 e. The van der Waals surface area contributed by atoms with Gasteiger partial charge in [-0.25, -0.2) is 9.97 Å². The number of anilines is 1. The number of aromatic nitrogens is 2. The number of thioether (sulfide) groups is 1. The number of alkyl halides is 2. The van der Waals surface area contributed by atoms with Crippen LogP contribution in [0.25, 0.3) is 10.9 Å². The molecule has 0 aliphatic heterocycles. The van der Waals surface area contributed by atoms with Crippen LogP contribution in [0.4, 0.5) is 14.6 Å². The van der Waals surface area contributed by atoms with E-state index >= 15 is 0 Å². The second-order valence-corrected chi connectivity index (χ2v) is 7.53. The maximum absolute atomic E-state index is 14.6. The molecule has 1 aromatic heterocycles. The van der Waals surface area contributed by atoms with Crippen molar-refractivity contribution < 1.29 is 13.9 Å². The summed E-state index contributed by atoms with van der Waals surface area (Å²) in [7, 11) is 0. The van der Waals surface area contributed by atoms with Gasteiger partial charge in [0, 0.05) is 26.7 Å². The first-order chi connectivity index (χ1) is 12.9. The first kappa shape index (κ1) is 20.1. The second-order valence-electron chi connectivity index (χ2n) is 5.63. The number of aliphatic hydroxyl groups excluding tert-OH is 1. The molecule has 0 aliphatic rings. The van der Waals surface area contributed by atoms with Crippen LogP contribution < -0.4 is 5.32 Å². The van der Waals surface area contributed by atoms with Gasteiger partial charge in [0.25, 0.3) is 5.92 Å². The number of fused-ring (bicyclic) bond motifs is 1. The quantitative estimate of drug-likeness (QED) is 0.397. The zero-order chi connectivity index (χ0) is 19.4. The minimum atomic E-state index is -3.20. The molecule has 2 aromatic carbocycles. The van der Waals surface area contributed by atoms with Crippen LogP contribution in [0.1, 0.15) is 5.56 Å². The monoisotopic (exact) mass is 429 g/mol. The zero-order valence-electron chi connectivity index (χ0n) is 13.9. The number of rotatable bonds is 7. The largest absolute Gasteiger partial charge is 0.396 e. The maximum Gasteiger partial charge on any atom is 0.291 e. The molecule has 9 heteroatoms. The van der Waals surface area contributed by atoms with Gasteiger partial charge in [-0.3, -0.25) is 0 Å². The van der Waals surface area contributed by atoms with E-state index in [1.807, 2.05) is 0 Å². The van der Waals surface area contributed by atoms with E-state index in [1.165, 1.54) is 30.0 Å². The van der Waals surface area contributed by atoms with Crippen LogP contribution in [-0.2, 0) is 5.92 Å². The van der Waals surface area contributed by atoms with E-state index in [0.29, 0.717) is 26.8 Å². The van der Waals surface area contributed by atoms with Gasteiger partial charge in [-0.05, 0) is 24.3 Å². The van der Waals surface area contributed by atoms with Gasteiger partial charge in [-0.2, -0.15) is 8.78 Å². The summed E-state index contributed by atoms with van der Waals surface area (Å²) in [5.41, 5.74) is 0.309. The molecule has 3 rings (SSSR count). The molecule has 0 aliphatic carbocycles. The molecule has 27 heavy (non-hydrogen) atoms. The number of aliphatic hydroxyl groups is 1. The van der Waals surface area contributed by atoms with Crippen molar-refractivity contribution in [2.45, 2.75) is 11.1 Å². The summed E-state index contributed by atoms with van der Waals surface area (Å²) in [6.07, 6.45) is 0. The van der Waals surface area contributed by atoms with Crippen molar-refractivity contribution in [2.75, 3.05) is 24.2 Å². The topological polar surface area (TPSA) is 58.0 Å². The maximum atomic E-state index is 14.6. The zero-order valence-corrected chi connectivity index (χ0v) is 16.3. The van der Waals surface area contributed by atoms with E-state index in [9.17, 15) is 8.78 Å². The molecule has 0 amide bonds. The SMILES string of the molecule is OCCSc1nc(NCC(F)(F)c2ccccc2Cl)c2cc(Cl)ccc2n1. The molecule has 142 valence electrons. The Kier molecular flexibility index (Phi) is 6.37. The van der Waals surface area contributed by atoms with Crippen LogP contribution in [-0.4, -0.2) is 34.0 Å². The summed E-state index contributed by atoms with van der Waals surface area (Å²) in [6, 6.07) is 10.8. The average molecular weight is 430 g/mol. The fraction of sp³-hybridized carbons (Fsp3) is 0.222. The van der Waals surface area contributed by atoms with Crippen LogP contribution in [0.2, 0.25) is 10.0 Å². The fourth-order valence-electron chi connectivity index (χ4n) is 2.46. The molecule has 0 atom stereocenters. The Morgan fingerprint density at radius 2 is 1.89 bits per heavy atom. The molecule has 4 nitrogen and oxygen atoms in total. The molecular formula is C18H15Cl2F2N3OS. The highest BCUT2D eigenvalue weighted by molar-refractivity contribution is 7.99. The highest BCUT2D eigenvalue weighted by atomic mass is 35.5. The van der Waals surface area contributed by atoms with Crippen molar-refractivity contribution >= 4 is 51.7 Å². The first-order valence-corrected chi connectivity index (χ1v) is 9.72. The van der Waals surface area contributed by atoms with Gasteiger partial charge in [0.15, 0.2) is 5.16 Å². The molecule has 0 bridgehead atoms. The molecule has 0 saturated heterocycles. The lowest BCUT2D eigenvalue weighted by atomic mass is 10.1. The number of hydrogen-bond acceptors (Lipinski definition) is 5. The summed E-state index contributed by atoms with van der Waals surface area (Å²) >= 11 is 13.2. The Morgan fingerprint density at radius 3 is 2.63 bits per heavy atom. The van der Waals surface area contributed by atoms with Crippen LogP contribution >= 0.6 is 35.0 Å². The second kappa shape index (κ2) is 8.56. The van der Waals surface area contributed by atoms with Gasteiger partial charge < -0.3 is 10.4 Å². The third kappa shape index (κ3) is 4.79. The molecule has 3 aromatic rings. The number of benzene rings is 2. The highest BCUT2D eigenvalue weighted by Crippen LogP contribution is 2.34. The molecule has 0 fully saturated rings. The Balaban J connectivity index is 1.93. The summed E-state index contributed by atoms with van der Waals surface area (Å²) in [6.45, 7) is -0.737. The molecule has 0 spiro atoms. The van der Waals surface area contributed by atoms with E-state index in [0.717, 1.165) is 0 Å². The lowest BCUT2D eigenvalue weighted by Crippen LogP contribution is -2.25. The number of nitrogens with one attached hydrogen (secondary N) is 1. The van der Waals surface area contributed by atoms with Crippen molar-refractivity contribution in [1.82, 2.24) is 9.97 Å². The van der Waals surface area contributed by atoms with Crippen molar-refractivity contribution in [3.8, 4) is 0 Å². The Morgan fingerprint density at radius 1 is 1.11 bits per heavy atom. The van der Waals surface area contributed by atoms with Gasteiger partial charge in [0.2, 0.25) is 0 Å². The van der Waals surface area contributed by atoms with Crippen LogP contribution in [0.15, 0.2) is 47.6 Å². The summed E-state index contributed by atoms with van der Waals surface area (Å²) in [5.74, 6) is -2.56. The predicted molar refractivity (Wildman–Crippen MR) is 106 cm³/mol. The lowest BCUT2D eigenvalue weighted by Gasteiger charge is -2.19. The fourth-order valence-corrected chi connectivity index (χ4v) is 3.50. The van der Waals surface area contributed by atoms with Gasteiger partial charge in [0.05, 0.1) is 18.7 Å². The van der Waals surface area contributed by atoms with Gasteiger partial charge in [-0.15, -0.1) is 0 Å². The highest BCUT2D eigenvalue weighted by Gasteiger charge is 2.33. The minimum Gasteiger partial charge on any atom is -0.396 e. The number of hydrogen-bond donors (Lipinski definition) is 2. The summed E-state index contributed by atoms with van der Waals surface area (Å²) in [4.78, 5) is 8.67. The van der Waals surface area contributed by atoms with E-state index < -0.39 is 12.5 Å². The van der Waals surface area contributed by atoms with E-state index in [-0.39, 0.29) is 23.0 Å². The first-order valence-electron chi connectivity index (χ1n) is 7.98. The molecule has 0 saturated carbocycles. The van der Waals surface area contributed by atoms with E-state index in [2.05, 4.69) is 15.3 Å². The van der Waals surface area contributed by atoms with E-state index in [4.69, 9.17) is 28.3 Å². The van der Waals surface area contributed by atoms with Crippen LogP contribution in [0.3, 0.4) is 0 Å². The molecule has 0 unspecified atom stereocenters. The molecule has 2 N–H and O–H groups in total. The third-order valence-corrected chi connectivity index (χ3v) is 5.10. The van der Waals surface area contributed by atoms with Crippen LogP contribution in [0.5, 0.6) is 0 Å². The van der Waals surface area contributed by atoms with Crippen molar-refractivity contribution in [3.05, 3.63) is 58.1 Å². The van der Waals surface area contributed by atoms with Gasteiger partial charge >= 0.3 is 0 Å². The van der Waals surface area contributed by atoms with E-state index in [1.54, 1.807) is 24.3 Å². The lowest BCUT2D eigenvalue weighted by molar-refractivity contribution is 0.0107. The van der Waals surface area contributed by atoms with Crippen LogP contribution in [0, 0.1) is 0 Å². The molecule has 1 heterocycles. The Hall–Kier alpha value is -1.67. The number of nitrogens with zero attached hydrogens (tertiary/aromatic N) is 2. The Bertz CT molecular complexity index is 959. The van der Waals surface area contributed by atoms with Crippen molar-refractivity contribution in [2.24, 2.45) is 0 Å². The summed E-state index contributed by atoms with van der Waals surface area (Å²) in [5, 5.41) is 13.0. The third-order valence-electron chi connectivity index (χ3n) is 3.71. The summed E-state index contributed by atoms with van der Waals surface area (Å²) < 4.78 is 29.3. The normalized spacial score (nSPS) is 11.7. The van der Waals surface area contributed by atoms with Gasteiger partial charge in [0.1, 0.15) is 5.82 Å². The minimum absolute atomic E-state index is 0.000851. The molecular weight excluding hydrogens is 415 g/mol. The standard InChI is InChI=1S/C18H15Cl2F2N3OS/c19-11-5-6-15-12(9-11)16(25-17(24-15)27-8-7-26)23-10-18(21,22)13-3-1-2-4-14(13)20/h1-6,9,26H,7-8,10H2,(H,23,24,25). The average Bonchev–Trinajstić information content (AvgIpc) is 2.65.